The quantitative estimate of drug-likeness (QED) is 0.682. The first kappa shape index (κ1) is 13.5. The van der Waals surface area contributed by atoms with E-state index in [0.29, 0.717) is 9.13 Å². The Balaban J connectivity index is 2.05. The number of hydrogen-bond donors (Lipinski definition) is 1. The molecule has 0 saturated carbocycles. The molecule has 1 unspecified atom stereocenters. The number of aliphatic hydroxyl groups is 1. The van der Waals surface area contributed by atoms with E-state index >= 15 is 0 Å². The minimum atomic E-state index is -0.783. The molecule has 0 saturated heterocycles. The normalized spacial score (nSPS) is 12.6. The molecule has 0 aliphatic heterocycles. The molecule has 2 nitrogen and oxygen atoms in total. The highest BCUT2D eigenvalue weighted by Gasteiger charge is 2.14. The maximum atomic E-state index is 13.1. The summed E-state index contributed by atoms with van der Waals surface area (Å²) in [5.41, 5.74) is 2.28. The van der Waals surface area contributed by atoms with Gasteiger partial charge in [-0.15, -0.1) is 0 Å². The highest BCUT2D eigenvalue weighted by molar-refractivity contribution is 14.1. The van der Waals surface area contributed by atoms with Crippen LogP contribution in [0.4, 0.5) is 4.39 Å². The molecule has 2 aromatic carbocycles. The summed E-state index contributed by atoms with van der Waals surface area (Å²) in [6, 6.07) is 13.9. The zero-order valence-corrected chi connectivity index (χ0v) is 12.6. The minimum Gasteiger partial charge on any atom is -0.384 e. The second kappa shape index (κ2) is 5.46. The number of fused-ring (bicyclic) bond motifs is 1. The fourth-order valence-corrected chi connectivity index (χ4v) is 2.93. The molecule has 1 N–H and O–H groups in total. The molecule has 0 spiro atoms. The fourth-order valence-electron chi connectivity index (χ4n) is 2.16. The van der Waals surface area contributed by atoms with Gasteiger partial charge in [-0.1, -0.05) is 24.3 Å². The Morgan fingerprint density at radius 1 is 1.10 bits per heavy atom. The first-order valence-electron chi connectivity index (χ1n) is 6.13. The fraction of sp³-hybridized carbons (Fsp3) is 0.0625. The van der Waals surface area contributed by atoms with E-state index in [2.05, 4.69) is 4.98 Å². The maximum absolute atomic E-state index is 13.1. The van der Waals surface area contributed by atoms with Crippen LogP contribution in [0.15, 0.2) is 54.7 Å². The van der Waals surface area contributed by atoms with Crippen LogP contribution < -0.4 is 0 Å². The topological polar surface area (TPSA) is 33.1 Å². The third-order valence-electron chi connectivity index (χ3n) is 3.20. The van der Waals surface area contributed by atoms with Crippen LogP contribution in [0.1, 0.15) is 17.2 Å². The number of hydrogen-bond acceptors (Lipinski definition) is 2. The second-order valence-electron chi connectivity index (χ2n) is 4.52. The Morgan fingerprint density at radius 3 is 2.75 bits per heavy atom. The number of aromatic nitrogens is 1. The maximum Gasteiger partial charge on any atom is 0.124 e. The number of halogens is 2. The zero-order valence-electron chi connectivity index (χ0n) is 10.4. The highest BCUT2D eigenvalue weighted by Crippen LogP contribution is 2.28. The van der Waals surface area contributed by atoms with Crippen LogP contribution in [0.25, 0.3) is 10.9 Å². The van der Waals surface area contributed by atoms with Crippen LogP contribution in [-0.2, 0) is 0 Å². The standard InChI is InChI=1S/C16H11FINO/c17-12-5-6-13(14(18)9-12)16(20)11-4-3-10-2-1-7-19-15(10)8-11/h1-9,16,20H. The predicted octanol–water partition coefficient (Wildman–Crippen LogP) is 4.06. The molecule has 3 aromatic rings. The lowest BCUT2D eigenvalue weighted by Crippen LogP contribution is -2.02. The largest absolute Gasteiger partial charge is 0.384 e. The van der Waals surface area contributed by atoms with Crippen molar-refractivity contribution in [3.63, 3.8) is 0 Å². The molecule has 0 bridgehead atoms. The lowest BCUT2D eigenvalue weighted by molar-refractivity contribution is 0.219. The van der Waals surface area contributed by atoms with Crippen LogP contribution >= 0.6 is 22.6 Å². The summed E-state index contributed by atoms with van der Waals surface area (Å²) in [6.07, 6.45) is 0.939. The van der Waals surface area contributed by atoms with Crippen molar-refractivity contribution in [2.24, 2.45) is 0 Å². The van der Waals surface area contributed by atoms with Gasteiger partial charge in [0.05, 0.1) is 5.52 Å². The Kier molecular flexibility index (Phi) is 3.67. The third kappa shape index (κ3) is 2.53. The van der Waals surface area contributed by atoms with Gasteiger partial charge in [-0.3, -0.25) is 4.98 Å². The number of benzene rings is 2. The molecule has 4 heteroatoms. The smallest absolute Gasteiger partial charge is 0.124 e. The van der Waals surface area contributed by atoms with Crippen LogP contribution in [0.2, 0.25) is 0 Å². The molecular formula is C16H11FINO. The van der Waals surface area contributed by atoms with Gasteiger partial charge in [0.2, 0.25) is 0 Å². The molecule has 0 aliphatic carbocycles. The summed E-state index contributed by atoms with van der Waals surface area (Å²) >= 11 is 2.03. The number of aliphatic hydroxyl groups excluding tert-OH is 1. The van der Waals surface area contributed by atoms with Crippen LogP contribution in [0.5, 0.6) is 0 Å². The molecule has 1 aromatic heterocycles. The molecule has 0 aliphatic rings. The van der Waals surface area contributed by atoms with Gasteiger partial charge < -0.3 is 5.11 Å². The van der Waals surface area contributed by atoms with Gasteiger partial charge >= 0.3 is 0 Å². The number of rotatable bonds is 2. The van der Waals surface area contributed by atoms with Gasteiger partial charge in [-0.05, 0) is 58.0 Å². The van der Waals surface area contributed by atoms with Crippen molar-refractivity contribution in [2.45, 2.75) is 6.10 Å². The van der Waals surface area contributed by atoms with Crippen molar-refractivity contribution in [1.82, 2.24) is 4.98 Å². The summed E-state index contributed by atoms with van der Waals surface area (Å²) in [4.78, 5) is 4.28. The van der Waals surface area contributed by atoms with Crippen molar-refractivity contribution in [2.75, 3.05) is 0 Å². The van der Waals surface area contributed by atoms with Gasteiger partial charge in [0.15, 0.2) is 0 Å². The summed E-state index contributed by atoms with van der Waals surface area (Å²) in [5, 5.41) is 11.5. The van der Waals surface area contributed by atoms with Gasteiger partial charge in [0, 0.05) is 15.2 Å². The van der Waals surface area contributed by atoms with Gasteiger partial charge in [-0.2, -0.15) is 0 Å². The summed E-state index contributed by atoms with van der Waals surface area (Å²) in [6.45, 7) is 0. The Morgan fingerprint density at radius 2 is 1.95 bits per heavy atom. The van der Waals surface area contributed by atoms with Crippen molar-refractivity contribution in [3.05, 3.63) is 75.2 Å². The van der Waals surface area contributed by atoms with E-state index in [0.717, 1.165) is 16.5 Å². The van der Waals surface area contributed by atoms with Crippen LogP contribution in [0, 0.1) is 9.39 Å². The number of pyridine rings is 1. The van der Waals surface area contributed by atoms with E-state index in [-0.39, 0.29) is 5.82 Å². The van der Waals surface area contributed by atoms with Crippen molar-refractivity contribution in [3.8, 4) is 0 Å². The monoisotopic (exact) mass is 379 g/mol. The lowest BCUT2D eigenvalue weighted by atomic mass is 10.0. The SMILES string of the molecule is OC(c1ccc2cccnc2c1)c1ccc(F)cc1I. The lowest BCUT2D eigenvalue weighted by Gasteiger charge is -2.14. The average molecular weight is 379 g/mol. The third-order valence-corrected chi connectivity index (χ3v) is 4.14. The van der Waals surface area contributed by atoms with E-state index in [4.69, 9.17) is 0 Å². The highest BCUT2D eigenvalue weighted by atomic mass is 127. The van der Waals surface area contributed by atoms with E-state index in [1.54, 1.807) is 12.3 Å². The average Bonchev–Trinajstić information content (AvgIpc) is 2.46. The second-order valence-corrected chi connectivity index (χ2v) is 5.69. The van der Waals surface area contributed by atoms with Gasteiger partial charge in [0.25, 0.3) is 0 Å². The summed E-state index contributed by atoms with van der Waals surface area (Å²) < 4.78 is 13.8. The van der Waals surface area contributed by atoms with E-state index in [1.807, 2.05) is 52.9 Å². The first-order valence-corrected chi connectivity index (χ1v) is 7.21. The van der Waals surface area contributed by atoms with Crippen molar-refractivity contribution >= 4 is 33.5 Å². The minimum absolute atomic E-state index is 0.300. The molecular weight excluding hydrogens is 368 g/mol. The van der Waals surface area contributed by atoms with Crippen LogP contribution in [0.3, 0.4) is 0 Å². The van der Waals surface area contributed by atoms with E-state index in [9.17, 15) is 9.50 Å². The van der Waals surface area contributed by atoms with Crippen molar-refractivity contribution in [1.29, 1.82) is 0 Å². The predicted molar refractivity (Wildman–Crippen MR) is 84.9 cm³/mol. The first-order chi connectivity index (χ1) is 9.65. The molecule has 100 valence electrons. The molecule has 3 rings (SSSR count). The summed E-state index contributed by atoms with van der Waals surface area (Å²) in [5.74, 6) is -0.300. The summed E-state index contributed by atoms with van der Waals surface area (Å²) in [7, 11) is 0. The molecule has 0 fully saturated rings. The number of nitrogens with zero attached hydrogens (tertiary/aromatic N) is 1. The Hall–Kier alpha value is -1.53. The van der Waals surface area contributed by atoms with E-state index < -0.39 is 6.10 Å². The Bertz CT molecular complexity index is 775. The molecule has 1 heterocycles. The molecule has 0 radical (unpaired) electrons. The molecule has 0 amide bonds. The van der Waals surface area contributed by atoms with Crippen LogP contribution in [-0.4, -0.2) is 10.1 Å². The molecule has 20 heavy (non-hydrogen) atoms. The van der Waals surface area contributed by atoms with Gasteiger partial charge in [-0.25, -0.2) is 4.39 Å². The van der Waals surface area contributed by atoms with E-state index in [1.165, 1.54) is 12.1 Å². The zero-order chi connectivity index (χ0) is 14.1. The Labute approximate surface area is 129 Å². The molecule has 1 atom stereocenters. The van der Waals surface area contributed by atoms with Gasteiger partial charge in [0.1, 0.15) is 11.9 Å². The van der Waals surface area contributed by atoms with Crippen molar-refractivity contribution < 1.29 is 9.50 Å².